The SMILES string of the molecule is CC1(O)NC(=O)C(O)OC1=O. The molecule has 1 fully saturated rings. The second-order valence-electron chi connectivity index (χ2n) is 2.32. The molecule has 1 rings (SSSR count). The number of aliphatic hydroxyl groups is 2. The number of hydrogen-bond acceptors (Lipinski definition) is 5. The zero-order chi connectivity index (χ0) is 8.65. The fraction of sp³-hybridized carbons (Fsp3) is 0.600. The van der Waals surface area contributed by atoms with E-state index in [4.69, 9.17) is 10.2 Å². The van der Waals surface area contributed by atoms with Gasteiger partial charge in [-0.1, -0.05) is 0 Å². The molecule has 11 heavy (non-hydrogen) atoms. The number of carbonyl (C=O) groups is 2. The minimum Gasteiger partial charge on any atom is -0.422 e. The van der Waals surface area contributed by atoms with Crippen LogP contribution in [-0.4, -0.2) is 34.1 Å². The van der Waals surface area contributed by atoms with E-state index >= 15 is 0 Å². The first-order chi connectivity index (χ1) is 4.93. The fourth-order valence-electron chi connectivity index (χ4n) is 0.622. The van der Waals surface area contributed by atoms with Gasteiger partial charge in [-0.25, -0.2) is 4.79 Å². The predicted octanol–water partition coefficient (Wildman–Crippen LogP) is -2.31. The number of esters is 1. The number of rotatable bonds is 0. The highest BCUT2D eigenvalue weighted by Gasteiger charge is 2.43. The number of carbonyl (C=O) groups excluding carboxylic acids is 2. The number of aliphatic hydroxyl groups excluding tert-OH is 1. The van der Waals surface area contributed by atoms with E-state index in [9.17, 15) is 9.59 Å². The molecule has 1 heterocycles. The molecular weight excluding hydrogens is 154 g/mol. The van der Waals surface area contributed by atoms with E-state index in [1.165, 1.54) is 0 Å². The van der Waals surface area contributed by atoms with Gasteiger partial charge in [0.15, 0.2) is 0 Å². The molecule has 0 bridgehead atoms. The molecule has 0 aromatic carbocycles. The summed E-state index contributed by atoms with van der Waals surface area (Å²) in [5.74, 6) is -2.01. The lowest BCUT2D eigenvalue weighted by Crippen LogP contribution is -2.61. The summed E-state index contributed by atoms with van der Waals surface area (Å²) < 4.78 is 4.07. The third kappa shape index (κ3) is 1.31. The molecule has 3 N–H and O–H groups in total. The Hall–Kier alpha value is -1.14. The van der Waals surface area contributed by atoms with Gasteiger partial charge < -0.3 is 20.3 Å². The second-order valence-corrected chi connectivity index (χ2v) is 2.32. The summed E-state index contributed by atoms with van der Waals surface area (Å²) in [5, 5.41) is 19.5. The zero-order valence-corrected chi connectivity index (χ0v) is 5.70. The lowest BCUT2D eigenvalue weighted by molar-refractivity contribution is -0.209. The molecule has 62 valence electrons. The Bertz CT molecular complexity index is 211. The Morgan fingerprint density at radius 3 is 2.64 bits per heavy atom. The van der Waals surface area contributed by atoms with Crippen LogP contribution < -0.4 is 5.32 Å². The van der Waals surface area contributed by atoms with E-state index in [-0.39, 0.29) is 0 Å². The fourth-order valence-corrected chi connectivity index (χ4v) is 0.622. The van der Waals surface area contributed by atoms with Crippen LogP contribution >= 0.6 is 0 Å². The Balaban J connectivity index is 2.79. The van der Waals surface area contributed by atoms with Crippen LogP contribution in [0.2, 0.25) is 0 Å². The van der Waals surface area contributed by atoms with Gasteiger partial charge in [0.25, 0.3) is 12.2 Å². The number of cyclic esters (lactones) is 1. The van der Waals surface area contributed by atoms with Gasteiger partial charge in [-0.05, 0) is 6.92 Å². The Morgan fingerprint density at radius 1 is 1.64 bits per heavy atom. The van der Waals surface area contributed by atoms with Gasteiger partial charge in [0, 0.05) is 0 Å². The minimum absolute atomic E-state index is 0.936. The van der Waals surface area contributed by atoms with Crippen LogP contribution in [0.3, 0.4) is 0 Å². The van der Waals surface area contributed by atoms with Crippen molar-refractivity contribution in [2.24, 2.45) is 0 Å². The normalized spacial score (nSPS) is 37.9. The summed E-state index contributed by atoms with van der Waals surface area (Å²) in [4.78, 5) is 21.2. The molecule has 0 radical (unpaired) electrons. The Labute approximate surface area is 61.8 Å². The van der Waals surface area contributed by atoms with Gasteiger partial charge in [0.05, 0.1) is 0 Å². The molecule has 6 nitrogen and oxygen atoms in total. The minimum atomic E-state index is -2.03. The van der Waals surface area contributed by atoms with Gasteiger partial charge >= 0.3 is 5.97 Å². The van der Waals surface area contributed by atoms with Crippen LogP contribution in [0, 0.1) is 0 Å². The molecule has 0 aliphatic carbocycles. The molecular formula is C5H7NO5. The number of amides is 1. The highest BCUT2D eigenvalue weighted by Crippen LogP contribution is 2.09. The van der Waals surface area contributed by atoms with Crippen molar-refractivity contribution in [1.29, 1.82) is 0 Å². The molecule has 1 amide bonds. The largest absolute Gasteiger partial charge is 0.422 e. The van der Waals surface area contributed by atoms with Gasteiger partial charge in [-0.3, -0.25) is 4.79 Å². The molecule has 0 aromatic heterocycles. The van der Waals surface area contributed by atoms with Crippen LogP contribution in [0.1, 0.15) is 6.92 Å². The van der Waals surface area contributed by atoms with E-state index in [1.807, 2.05) is 5.32 Å². The highest BCUT2D eigenvalue weighted by molar-refractivity contribution is 5.92. The summed E-state index contributed by atoms with van der Waals surface area (Å²) >= 11 is 0. The quantitative estimate of drug-likeness (QED) is 0.347. The molecule has 1 aliphatic heterocycles. The molecule has 2 unspecified atom stereocenters. The van der Waals surface area contributed by atoms with Crippen molar-refractivity contribution in [1.82, 2.24) is 5.32 Å². The van der Waals surface area contributed by atoms with Crippen molar-refractivity contribution in [2.75, 3.05) is 0 Å². The maximum Gasteiger partial charge on any atom is 0.362 e. The molecule has 0 spiro atoms. The average Bonchev–Trinajstić information content (AvgIpc) is 1.83. The van der Waals surface area contributed by atoms with E-state index < -0.39 is 23.9 Å². The molecule has 0 saturated carbocycles. The molecule has 2 atom stereocenters. The first-order valence-electron chi connectivity index (χ1n) is 2.87. The van der Waals surface area contributed by atoms with Gasteiger partial charge in [-0.15, -0.1) is 0 Å². The van der Waals surface area contributed by atoms with Gasteiger partial charge in [0.2, 0.25) is 5.72 Å². The molecule has 1 saturated heterocycles. The highest BCUT2D eigenvalue weighted by atomic mass is 16.7. The Morgan fingerprint density at radius 2 is 2.18 bits per heavy atom. The Kier molecular flexibility index (Phi) is 1.57. The van der Waals surface area contributed by atoms with Crippen LogP contribution in [0.25, 0.3) is 0 Å². The van der Waals surface area contributed by atoms with Crippen molar-refractivity contribution in [2.45, 2.75) is 18.9 Å². The summed E-state index contributed by atoms with van der Waals surface area (Å²) in [6, 6.07) is 0. The predicted molar refractivity (Wildman–Crippen MR) is 30.9 cm³/mol. The van der Waals surface area contributed by atoms with Crippen LogP contribution in [0.4, 0.5) is 0 Å². The average molecular weight is 161 g/mol. The summed E-state index contributed by atoms with van der Waals surface area (Å²) in [6.07, 6.45) is -1.82. The lowest BCUT2D eigenvalue weighted by atomic mass is 10.2. The number of nitrogens with one attached hydrogen (secondary N) is 1. The first-order valence-corrected chi connectivity index (χ1v) is 2.87. The van der Waals surface area contributed by atoms with Crippen molar-refractivity contribution in [3.8, 4) is 0 Å². The maximum atomic E-state index is 10.6. The zero-order valence-electron chi connectivity index (χ0n) is 5.70. The van der Waals surface area contributed by atoms with Crippen LogP contribution in [-0.2, 0) is 14.3 Å². The molecule has 6 heteroatoms. The molecule has 1 aliphatic rings. The summed E-state index contributed by atoms with van der Waals surface area (Å²) in [5.41, 5.74) is -2.03. The third-order valence-corrected chi connectivity index (χ3v) is 1.21. The van der Waals surface area contributed by atoms with Crippen molar-refractivity contribution in [3.63, 3.8) is 0 Å². The first kappa shape index (κ1) is 7.96. The van der Waals surface area contributed by atoms with Gasteiger partial charge in [-0.2, -0.15) is 0 Å². The van der Waals surface area contributed by atoms with E-state index in [1.54, 1.807) is 0 Å². The summed E-state index contributed by atoms with van der Waals surface area (Å²) in [7, 11) is 0. The van der Waals surface area contributed by atoms with E-state index in [2.05, 4.69) is 4.74 Å². The maximum absolute atomic E-state index is 10.6. The smallest absolute Gasteiger partial charge is 0.362 e. The lowest BCUT2D eigenvalue weighted by Gasteiger charge is -2.29. The van der Waals surface area contributed by atoms with E-state index in [0.717, 1.165) is 6.92 Å². The topological polar surface area (TPSA) is 95.9 Å². The summed E-state index contributed by atoms with van der Waals surface area (Å²) in [6.45, 7) is 1.05. The van der Waals surface area contributed by atoms with Crippen LogP contribution in [0.5, 0.6) is 0 Å². The van der Waals surface area contributed by atoms with Crippen molar-refractivity contribution < 1.29 is 24.5 Å². The van der Waals surface area contributed by atoms with Crippen LogP contribution in [0.15, 0.2) is 0 Å². The second kappa shape index (κ2) is 2.18. The monoisotopic (exact) mass is 161 g/mol. The van der Waals surface area contributed by atoms with E-state index in [0.29, 0.717) is 0 Å². The number of ether oxygens (including phenoxy) is 1. The molecule has 0 aromatic rings. The van der Waals surface area contributed by atoms with Crippen molar-refractivity contribution >= 4 is 11.9 Å². The van der Waals surface area contributed by atoms with Crippen molar-refractivity contribution in [3.05, 3.63) is 0 Å². The standard InChI is InChI=1S/C5H7NO5/c1-5(10)4(9)11-3(8)2(7)6-5/h3,8,10H,1H3,(H,6,7). The number of hydrogen-bond donors (Lipinski definition) is 3. The van der Waals surface area contributed by atoms with Gasteiger partial charge in [0.1, 0.15) is 0 Å². The third-order valence-electron chi connectivity index (χ3n) is 1.21. The number of morpholine rings is 1.